The number of rotatable bonds is 3. The second-order valence-corrected chi connectivity index (χ2v) is 5.40. The molecular formula is C15H10ClNO2S. The highest BCUT2D eigenvalue weighted by Gasteiger charge is 2.07. The number of esters is 1. The van der Waals surface area contributed by atoms with Crippen LogP contribution in [0.25, 0.3) is 0 Å². The van der Waals surface area contributed by atoms with Crippen molar-refractivity contribution in [3.05, 3.63) is 58.6 Å². The Bertz CT molecular complexity index is 677. The molecule has 0 heterocycles. The summed E-state index contributed by atoms with van der Waals surface area (Å²) in [6.07, 6.45) is 0. The van der Waals surface area contributed by atoms with E-state index in [0.29, 0.717) is 16.1 Å². The van der Waals surface area contributed by atoms with Gasteiger partial charge in [-0.25, -0.2) is 4.79 Å². The normalized spacial score (nSPS) is 9.85. The zero-order valence-corrected chi connectivity index (χ0v) is 12.2. The smallest absolute Gasteiger partial charge is 0.337 e. The number of nitrogens with zero attached hydrogens (tertiary/aromatic N) is 1. The zero-order valence-electron chi connectivity index (χ0n) is 10.6. The highest BCUT2D eigenvalue weighted by atomic mass is 35.5. The van der Waals surface area contributed by atoms with Crippen LogP contribution in [0, 0.1) is 11.3 Å². The molecule has 0 radical (unpaired) electrons. The summed E-state index contributed by atoms with van der Waals surface area (Å²) in [5, 5.41) is 9.32. The standard InChI is InChI=1S/C15H10ClNO2S/c1-19-15(18)11-3-5-12(6-4-11)20-14-7-2-10(9-17)8-13(14)16/h2-8H,1H3. The van der Waals surface area contributed by atoms with Crippen LogP contribution in [0.15, 0.2) is 52.3 Å². The summed E-state index contributed by atoms with van der Waals surface area (Å²) in [4.78, 5) is 13.1. The van der Waals surface area contributed by atoms with Crippen molar-refractivity contribution in [2.24, 2.45) is 0 Å². The molecule has 0 aliphatic rings. The maximum absolute atomic E-state index is 11.3. The molecule has 0 fully saturated rings. The van der Waals surface area contributed by atoms with Gasteiger partial charge in [0.1, 0.15) is 0 Å². The highest BCUT2D eigenvalue weighted by molar-refractivity contribution is 7.99. The van der Waals surface area contributed by atoms with Crippen molar-refractivity contribution in [3.8, 4) is 6.07 Å². The van der Waals surface area contributed by atoms with Crippen LogP contribution in [0.3, 0.4) is 0 Å². The molecule has 0 saturated carbocycles. The van der Waals surface area contributed by atoms with Gasteiger partial charge in [0.25, 0.3) is 0 Å². The first-order chi connectivity index (χ1) is 9.63. The maximum atomic E-state index is 11.3. The van der Waals surface area contributed by atoms with Crippen molar-refractivity contribution in [1.29, 1.82) is 5.26 Å². The Kier molecular flexibility index (Phi) is 4.67. The summed E-state index contributed by atoms with van der Waals surface area (Å²) in [6.45, 7) is 0. The fourth-order valence-corrected chi connectivity index (χ4v) is 2.67. The fourth-order valence-electron chi connectivity index (χ4n) is 1.56. The molecule has 0 unspecified atom stereocenters. The third-order valence-corrected chi connectivity index (χ3v) is 4.07. The Morgan fingerprint density at radius 2 is 1.95 bits per heavy atom. The summed E-state index contributed by atoms with van der Waals surface area (Å²) in [5.41, 5.74) is 1.03. The lowest BCUT2D eigenvalue weighted by Gasteiger charge is -2.05. The van der Waals surface area contributed by atoms with E-state index in [1.807, 2.05) is 18.2 Å². The van der Waals surface area contributed by atoms with Gasteiger partial charge in [-0.05, 0) is 42.5 Å². The van der Waals surface area contributed by atoms with Gasteiger partial charge in [0.2, 0.25) is 0 Å². The molecule has 2 aromatic rings. The first-order valence-electron chi connectivity index (χ1n) is 5.70. The fraction of sp³-hybridized carbons (Fsp3) is 0.0667. The average Bonchev–Trinajstić information content (AvgIpc) is 2.49. The van der Waals surface area contributed by atoms with Gasteiger partial charge in [0, 0.05) is 9.79 Å². The molecule has 0 aliphatic carbocycles. The van der Waals surface area contributed by atoms with Crippen LogP contribution in [0.1, 0.15) is 15.9 Å². The molecule has 20 heavy (non-hydrogen) atoms. The lowest BCUT2D eigenvalue weighted by Crippen LogP contribution is -2.00. The minimum atomic E-state index is -0.363. The molecule has 0 bridgehead atoms. The van der Waals surface area contributed by atoms with Crippen LogP contribution in [0.5, 0.6) is 0 Å². The molecule has 0 spiro atoms. The number of hydrogen-bond acceptors (Lipinski definition) is 4. The summed E-state index contributed by atoms with van der Waals surface area (Å²) in [5.74, 6) is -0.363. The molecule has 0 amide bonds. The summed E-state index contributed by atoms with van der Waals surface area (Å²) >= 11 is 7.58. The molecule has 3 nitrogen and oxygen atoms in total. The Labute approximate surface area is 126 Å². The first kappa shape index (κ1) is 14.4. The number of benzene rings is 2. The van der Waals surface area contributed by atoms with E-state index in [1.54, 1.807) is 30.3 Å². The lowest BCUT2D eigenvalue weighted by atomic mass is 10.2. The van der Waals surface area contributed by atoms with E-state index in [1.165, 1.54) is 18.9 Å². The number of carbonyl (C=O) groups is 1. The van der Waals surface area contributed by atoms with Gasteiger partial charge in [-0.2, -0.15) is 5.26 Å². The van der Waals surface area contributed by atoms with E-state index in [0.717, 1.165) is 9.79 Å². The monoisotopic (exact) mass is 303 g/mol. The Balaban J connectivity index is 2.18. The minimum Gasteiger partial charge on any atom is -0.465 e. The molecule has 0 saturated heterocycles. The molecule has 0 aliphatic heterocycles. The molecule has 0 aromatic heterocycles. The largest absolute Gasteiger partial charge is 0.465 e. The van der Waals surface area contributed by atoms with Gasteiger partial charge in [-0.1, -0.05) is 23.4 Å². The molecule has 2 aromatic carbocycles. The van der Waals surface area contributed by atoms with Crippen molar-refractivity contribution in [2.75, 3.05) is 7.11 Å². The van der Waals surface area contributed by atoms with Crippen molar-refractivity contribution in [3.63, 3.8) is 0 Å². The van der Waals surface area contributed by atoms with Gasteiger partial charge in [-0.3, -0.25) is 0 Å². The van der Waals surface area contributed by atoms with Crippen molar-refractivity contribution >= 4 is 29.3 Å². The molecule has 2 rings (SSSR count). The van der Waals surface area contributed by atoms with Gasteiger partial charge in [0.05, 0.1) is 29.3 Å². The third kappa shape index (κ3) is 3.32. The maximum Gasteiger partial charge on any atom is 0.337 e. The van der Waals surface area contributed by atoms with E-state index < -0.39 is 0 Å². The summed E-state index contributed by atoms with van der Waals surface area (Å²) < 4.78 is 4.64. The van der Waals surface area contributed by atoms with Crippen molar-refractivity contribution in [2.45, 2.75) is 9.79 Å². The van der Waals surface area contributed by atoms with E-state index in [-0.39, 0.29) is 5.97 Å². The predicted octanol–water partition coefficient (Wildman–Crippen LogP) is 4.15. The van der Waals surface area contributed by atoms with E-state index in [9.17, 15) is 4.79 Å². The summed E-state index contributed by atoms with van der Waals surface area (Å²) in [7, 11) is 1.35. The number of carbonyl (C=O) groups excluding carboxylic acids is 1. The zero-order chi connectivity index (χ0) is 14.5. The van der Waals surface area contributed by atoms with E-state index >= 15 is 0 Å². The number of halogens is 1. The topological polar surface area (TPSA) is 50.1 Å². The number of nitriles is 1. The number of methoxy groups -OCH3 is 1. The SMILES string of the molecule is COC(=O)c1ccc(Sc2ccc(C#N)cc2Cl)cc1. The summed E-state index contributed by atoms with van der Waals surface area (Å²) in [6, 6.07) is 14.2. The molecular weight excluding hydrogens is 294 g/mol. The lowest BCUT2D eigenvalue weighted by molar-refractivity contribution is 0.0600. The number of ether oxygens (including phenoxy) is 1. The van der Waals surface area contributed by atoms with Gasteiger partial charge >= 0.3 is 5.97 Å². The van der Waals surface area contributed by atoms with Crippen molar-refractivity contribution in [1.82, 2.24) is 0 Å². The first-order valence-corrected chi connectivity index (χ1v) is 6.89. The molecule has 100 valence electrons. The second-order valence-electron chi connectivity index (χ2n) is 3.88. The van der Waals surface area contributed by atoms with Crippen LogP contribution in [0.4, 0.5) is 0 Å². The quantitative estimate of drug-likeness (QED) is 0.799. The van der Waals surface area contributed by atoms with Gasteiger partial charge in [0.15, 0.2) is 0 Å². The highest BCUT2D eigenvalue weighted by Crippen LogP contribution is 2.33. The predicted molar refractivity (Wildman–Crippen MR) is 78.1 cm³/mol. The number of hydrogen-bond donors (Lipinski definition) is 0. The van der Waals surface area contributed by atoms with Crippen LogP contribution in [0.2, 0.25) is 5.02 Å². The van der Waals surface area contributed by atoms with Gasteiger partial charge < -0.3 is 4.74 Å². The Hall–Kier alpha value is -1.96. The molecule has 5 heteroatoms. The minimum absolute atomic E-state index is 0.363. The van der Waals surface area contributed by atoms with E-state index in [4.69, 9.17) is 16.9 Å². The van der Waals surface area contributed by atoms with Crippen LogP contribution >= 0.6 is 23.4 Å². The van der Waals surface area contributed by atoms with Gasteiger partial charge in [-0.15, -0.1) is 0 Å². The Morgan fingerprint density at radius 3 is 2.50 bits per heavy atom. The van der Waals surface area contributed by atoms with Crippen LogP contribution in [-0.2, 0) is 4.74 Å². The van der Waals surface area contributed by atoms with Crippen molar-refractivity contribution < 1.29 is 9.53 Å². The average molecular weight is 304 g/mol. The Morgan fingerprint density at radius 1 is 1.25 bits per heavy atom. The van der Waals surface area contributed by atoms with Crippen LogP contribution in [-0.4, -0.2) is 13.1 Å². The second kappa shape index (κ2) is 6.47. The van der Waals surface area contributed by atoms with Crippen LogP contribution < -0.4 is 0 Å². The third-order valence-electron chi connectivity index (χ3n) is 2.56. The van der Waals surface area contributed by atoms with E-state index in [2.05, 4.69) is 4.74 Å². The molecule has 0 N–H and O–H groups in total. The molecule has 0 atom stereocenters.